The van der Waals surface area contributed by atoms with Crippen molar-refractivity contribution >= 4 is 40.4 Å². The highest BCUT2D eigenvalue weighted by atomic mass is 32.1. The van der Waals surface area contributed by atoms with Crippen LogP contribution in [0.5, 0.6) is 0 Å². The smallest absolute Gasteiger partial charge is 0.263 e. The third-order valence-corrected chi connectivity index (χ3v) is 5.14. The Balaban J connectivity index is 1.59. The van der Waals surface area contributed by atoms with Gasteiger partial charge in [-0.15, -0.1) is 11.3 Å². The van der Waals surface area contributed by atoms with Gasteiger partial charge in [0.15, 0.2) is 0 Å². The van der Waals surface area contributed by atoms with Crippen molar-refractivity contribution < 1.29 is 14.4 Å². The minimum absolute atomic E-state index is 0.00263. The lowest BCUT2D eigenvalue weighted by molar-refractivity contribution is -0.121. The van der Waals surface area contributed by atoms with E-state index in [-0.39, 0.29) is 23.6 Å². The molecule has 3 rings (SSSR count). The average molecular weight is 371 g/mol. The molecule has 136 valence electrons. The maximum atomic E-state index is 12.6. The molecule has 1 saturated heterocycles. The van der Waals surface area contributed by atoms with Crippen LogP contribution in [-0.2, 0) is 9.59 Å². The maximum absolute atomic E-state index is 12.6. The zero-order valence-electron chi connectivity index (χ0n) is 14.5. The molecule has 6 nitrogen and oxygen atoms in total. The molecule has 1 aromatic carbocycles. The van der Waals surface area contributed by atoms with E-state index >= 15 is 0 Å². The van der Waals surface area contributed by atoms with Gasteiger partial charge in [0, 0.05) is 31.4 Å². The van der Waals surface area contributed by atoms with E-state index in [0.717, 1.165) is 12.8 Å². The summed E-state index contributed by atoms with van der Waals surface area (Å²) in [6.45, 7) is 2.57. The minimum Gasteiger partial charge on any atom is -0.337 e. The van der Waals surface area contributed by atoms with E-state index in [1.54, 1.807) is 29.2 Å². The fourth-order valence-electron chi connectivity index (χ4n) is 3.02. The molecular formula is C19H21N3O3S. The van der Waals surface area contributed by atoms with Crippen LogP contribution < -0.4 is 10.6 Å². The first-order chi connectivity index (χ1) is 12.5. The summed E-state index contributed by atoms with van der Waals surface area (Å²) in [6.07, 6.45) is 1.58. The van der Waals surface area contributed by atoms with E-state index in [0.29, 0.717) is 29.3 Å². The monoisotopic (exact) mass is 371 g/mol. The Morgan fingerprint density at radius 2 is 1.77 bits per heavy atom. The second-order valence-corrected chi connectivity index (χ2v) is 7.26. The molecule has 1 aliphatic heterocycles. The molecule has 2 heterocycles. The Morgan fingerprint density at radius 3 is 2.38 bits per heavy atom. The van der Waals surface area contributed by atoms with Crippen molar-refractivity contribution in [2.75, 3.05) is 23.7 Å². The number of nitrogens with one attached hydrogen (secondary N) is 2. The second kappa shape index (κ2) is 8.14. The fourth-order valence-corrected chi connectivity index (χ4v) is 3.71. The molecule has 0 saturated carbocycles. The summed E-state index contributed by atoms with van der Waals surface area (Å²) in [5, 5.41) is 7.47. The third kappa shape index (κ3) is 4.49. The Morgan fingerprint density at radius 1 is 1.08 bits per heavy atom. The first kappa shape index (κ1) is 18.1. The highest BCUT2D eigenvalue weighted by Crippen LogP contribution is 2.22. The van der Waals surface area contributed by atoms with Crippen LogP contribution in [0, 0.1) is 5.92 Å². The first-order valence-corrected chi connectivity index (χ1v) is 9.42. The summed E-state index contributed by atoms with van der Waals surface area (Å²) in [4.78, 5) is 38.6. The molecule has 0 radical (unpaired) electrons. The van der Waals surface area contributed by atoms with Crippen molar-refractivity contribution in [1.29, 1.82) is 0 Å². The summed E-state index contributed by atoms with van der Waals surface area (Å²) in [5.74, 6) is -0.444. The predicted octanol–water partition coefficient (Wildman–Crippen LogP) is 3.20. The summed E-state index contributed by atoms with van der Waals surface area (Å²) in [5.41, 5.74) is 1.35. The van der Waals surface area contributed by atoms with Crippen LogP contribution in [0.2, 0.25) is 0 Å². The van der Waals surface area contributed by atoms with Crippen molar-refractivity contribution in [3.05, 3.63) is 46.7 Å². The van der Waals surface area contributed by atoms with Gasteiger partial charge in [-0.2, -0.15) is 0 Å². The molecule has 26 heavy (non-hydrogen) atoms. The molecule has 0 bridgehead atoms. The van der Waals surface area contributed by atoms with Crippen molar-refractivity contribution in [1.82, 2.24) is 4.90 Å². The van der Waals surface area contributed by atoms with E-state index in [4.69, 9.17) is 0 Å². The van der Waals surface area contributed by atoms with Crippen molar-refractivity contribution in [2.45, 2.75) is 19.8 Å². The Hall–Kier alpha value is -2.67. The van der Waals surface area contributed by atoms with Crippen LogP contribution in [-0.4, -0.2) is 35.7 Å². The highest BCUT2D eigenvalue weighted by molar-refractivity contribution is 7.12. The van der Waals surface area contributed by atoms with Gasteiger partial charge >= 0.3 is 0 Å². The van der Waals surface area contributed by atoms with E-state index in [9.17, 15) is 14.4 Å². The number of amides is 3. The van der Waals surface area contributed by atoms with Gasteiger partial charge in [0.25, 0.3) is 5.91 Å². The molecule has 0 spiro atoms. The summed E-state index contributed by atoms with van der Waals surface area (Å²) < 4.78 is 0. The van der Waals surface area contributed by atoms with Crippen LogP contribution in [0.4, 0.5) is 11.4 Å². The molecule has 1 aliphatic rings. The molecule has 0 unspecified atom stereocenters. The largest absolute Gasteiger partial charge is 0.337 e. The van der Waals surface area contributed by atoms with Gasteiger partial charge in [-0.25, -0.2) is 0 Å². The minimum atomic E-state index is -0.220. The molecule has 2 aromatic rings. The maximum Gasteiger partial charge on any atom is 0.263 e. The van der Waals surface area contributed by atoms with Crippen molar-refractivity contribution in [3.8, 4) is 0 Å². The number of hydrogen-bond donors (Lipinski definition) is 2. The number of benzene rings is 1. The number of carbonyl (C=O) groups excluding carboxylic acids is 3. The zero-order valence-corrected chi connectivity index (χ0v) is 15.3. The van der Waals surface area contributed by atoms with Gasteiger partial charge in [0.05, 0.1) is 10.8 Å². The summed E-state index contributed by atoms with van der Waals surface area (Å²) in [7, 11) is 0. The van der Waals surface area contributed by atoms with Crippen LogP contribution in [0.1, 0.15) is 29.4 Å². The molecular weight excluding hydrogens is 350 g/mol. The molecule has 1 atom stereocenters. The lowest BCUT2D eigenvalue weighted by atomic mass is 9.97. The Bertz CT molecular complexity index is 787. The number of piperidine rings is 1. The van der Waals surface area contributed by atoms with E-state index in [2.05, 4.69) is 10.6 Å². The van der Waals surface area contributed by atoms with E-state index < -0.39 is 0 Å². The molecule has 0 aliphatic carbocycles. The van der Waals surface area contributed by atoms with Crippen molar-refractivity contribution in [3.63, 3.8) is 0 Å². The van der Waals surface area contributed by atoms with Gasteiger partial charge in [0.1, 0.15) is 0 Å². The number of anilines is 2. The zero-order chi connectivity index (χ0) is 18.5. The molecule has 1 aromatic heterocycles. The van der Waals surface area contributed by atoms with Crippen molar-refractivity contribution in [2.24, 2.45) is 5.92 Å². The SMILES string of the molecule is CC(=O)Nc1ccc(NC(=O)[C@H]2CCCN(C(=O)c3cccs3)C2)cc1. The summed E-state index contributed by atoms with van der Waals surface area (Å²) >= 11 is 1.42. The molecule has 7 heteroatoms. The predicted molar refractivity (Wildman–Crippen MR) is 102 cm³/mol. The average Bonchev–Trinajstić information content (AvgIpc) is 3.17. The highest BCUT2D eigenvalue weighted by Gasteiger charge is 2.29. The van der Waals surface area contributed by atoms with E-state index in [1.165, 1.54) is 18.3 Å². The van der Waals surface area contributed by atoms with Gasteiger partial charge in [-0.05, 0) is 48.6 Å². The Kier molecular flexibility index (Phi) is 5.68. The molecule has 3 amide bonds. The van der Waals surface area contributed by atoms with Crippen LogP contribution in [0.25, 0.3) is 0 Å². The van der Waals surface area contributed by atoms with Crippen LogP contribution >= 0.6 is 11.3 Å². The molecule has 2 N–H and O–H groups in total. The van der Waals surface area contributed by atoms with Gasteiger partial charge < -0.3 is 15.5 Å². The number of hydrogen-bond acceptors (Lipinski definition) is 4. The topological polar surface area (TPSA) is 78.5 Å². The number of thiophene rings is 1. The first-order valence-electron chi connectivity index (χ1n) is 8.54. The van der Waals surface area contributed by atoms with Gasteiger partial charge in [-0.1, -0.05) is 6.07 Å². The number of likely N-dealkylation sites (tertiary alicyclic amines) is 1. The normalized spacial score (nSPS) is 16.8. The lowest BCUT2D eigenvalue weighted by Crippen LogP contribution is -2.43. The number of carbonyl (C=O) groups is 3. The lowest BCUT2D eigenvalue weighted by Gasteiger charge is -2.31. The van der Waals surface area contributed by atoms with Gasteiger partial charge in [-0.3, -0.25) is 14.4 Å². The number of rotatable bonds is 4. The standard InChI is InChI=1S/C19H21N3O3S/c1-13(23)20-15-6-8-16(9-7-15)21-18(24)14-4-2-10-22(12-14)19(25)17-5-3-11-26-17/h3,5-9,11,14H,2,4,10,12H2,1H3,(H,20,23)(H,21,24)/t14-/m0/s1. The quantitative estimate of drug-likeness (QED) is 0.866. The van der Waals surface area contributed by atoms with Gasteiger partial charge in [0.2, 0.25) is 11.8 Å². The fraction of sp³-hybridized carbons (Fsp3) is 0.316. The second-order valence-electron chi connectivity index (χ2n) is 6.32. The van der Waals surface area contributed by atoms with Crippen LogP contribution in [0.15, 0.2) is 41.8 Å². The molecule has 1 fully saturated rings. The number of nitrogens with zero attached hydrogens (tertiary/aromatic N) is 1. The Labute approximate surface area is 156 Å². The van der Waals surface area contributed by atoms with Crippen LogP contribution in [0.3, 0.4) is 0 Å². The van der Waals surface area contributed by atoms with E-state index in [1.807, 2.05) is 17.5 Å². The third-order valence-electron chi connectivity index (χ3n) is 4.28. The summed E-state index contributed by atoms with van der Waals surface area (Å²) in [6, 6.07) is 10.7.